The van der Waals surface area contributed by atoms with Crippen molar-refractivity contribution >= 4 is 23.6 Å². The van der Waals surface area contributed by atoms with Gasteiger partial charge in [-0.15, -0.1) is 11.8 Å². The number of nitrogens with one attached hydrogen (secondary N) is 1. The number of carboxylic acid groups (broad SMARTS) is 1. The number of hydrogen-bond donors (Lipinski definition) is 2. The number of aliphatic carboxylic acids is 1. The Hall–Kier alpha value is -1.49. The third-order valence-corrected chi connectivity index (χ3v) is 5.17. The second kappa shape index (κ2) is 6.52. The maximum Gasteiger partial charge on any atom is 0.329 e. The average molecular weight is 307 g/mol. The highest BCUT2D eigenvalue weighted by molar-refractivity contribution is 7.98. The summed E-state index contributed by atoms with van der Waals surface area (Å²) in [5.74, 6) is -1.28. The molecule has 1 aliphatic carbocycles. The van der Waals surface area contributed by atoms with Crippen LogP contribution in [0.15, 0.2) is 29.2 Å². The molecule has 2 N–H and O–H groups in total. The van der Waals surface area contributed by atoms with Crippen LogP contribution in [0.4, 0.5) is 0 Å². The van der Waals surface area contributed by atoms with Gasteiger partial charge in [-0.1, -0.05) is 31.9 Å². The molecule has 1 aromatic carbocycles. The van der Waals surface area contributed by atoms with Gasteiger partial charge in [-0.05, 0) is 37.1 Å². The summed E-state index contributed by atoms with van der Waals surface area (Å²) in [6, 6.07) is 7.28. The van der Waals surface area contributed by atoms with Crippen LogP contribution in [0, 0.1) is 5.92 Å². The Kier molecular flexibility index (Phi) is 4.93. The Labute approximate surface area is 129 Å². The summed E-state index contributed by atoms with van der Waals surface area (Å²) in [6.07, 6.45) is 5.09. The zero-order valence-electron chi connectivity index (χ0n) is 12.4. The first-order valence-electron chi connectivity index (χ1n) is 7.20. The molecular formula is C16H21NO3S. The molecule has 0 radical (unpaired) electrons. The van der Waals surface area contributed by atoms with Crippen LogP contribution in [0.1, 0.15) is 43.0 Å². The number of amides is 1. The predicted molar refractivity (Wildman–Crippen MR) is 83.7 cm³/mol. The van der Waals surface area contributed by atoms with Crippen molar-refractivity contribution in [1.29, 1.82) is 0 Å². The standard InChI is InChI=1S/C16H21NO3S/c1-11-7-5-6-10-16(11,15(19)20)17-14(18)12-8-3-4-9-13(12)21-2/h3-4,8-9,11H,5-7,10H2,1-2H3,(H,17,18)(H,19,20). The van der Waals surface area contributed by atoms with Crippen molar-refractivity contribution in [3.05, 3.63) is 29.8 Å². The average Bonchev–Trinajstić information content (AvgIpc) is 2.49. The van der Waals surface area contributed by atoms with Crippen molar-refractivity contribution in [2.24, 2.45) is 5.92 Å². The van der Waals surface area contributed by atoms with Crippen LogP contribution >= 0.6 is 11.8 Å². The highest BCUT2D eigenvalue weighted by Gasteiger charge is 2.46. The zero-order chi connectivity index (χ0) is 15.5. The Balaban J connectivity index is 2.29. The van der Waals surface area contributed by atoms with Crippen molar-refractivity contribution in [3.8, 4) is 0 Å². The molecule has 0 heterocycles. The van der Waals surface area contributed by atoms with E-state index in [2.05, 4.69) is 5.32 Å². The fourth-order valence-electron chi connectivity index (χ4n) is 3.01. The van der Waals surface area contributed by atoms with Crippen molar-refractivity contribution in [3.63, 3.8) is 0 Å². The zero-order valence-corrected chi connectivity index (χ0v) is 13.2. The van der Waals surface area contributed by atoms with Crippen molar-refractivity contribution in [2.75, 3.05) is 6.26 Å². The molecule has 0 spiro atoms. The minimum absolute atomic E-state index is 0.0610. The van der Waals surface area contributed by atoms with E-state index in [4.69, 9.17) is 0 Å². The van der Waals surface area contributed by atoms with Crippen molar-refractivity contribution < 1.29 is 14.7 Å². The van der Waals surface area contributed by atoms with E-state index >= 15 is 0 Å². The smallest absolute Gasteiger partial charge is 0.329 e. The molecule has 2 rings (SSSR count). The van der Waals surface area contributed by atoms with Crippen LogP contribution in [0.25, 0.3) is 0 Å². The fraction of sp³-hybridized carbons (Fsp3) is 0.500. The molecule has 1 saturated carbocycles. The van der Waals surface area contributed by atoms with E-state index < -0.39 is 11.5 Å². The fourth-order valence-corrected chi connectivity index (χ4v) is 3.60. The van der Waals surface area contributed by atoms with Gasteiger partial charge in [0, 0.05) is 4.90 Å². The van der Waals surface area contributed by atoms with E-state index in [0.29, 0.717) is 12.0 Å². The lowest BCUT2D eigenvalue weighted by Gasteiger charge is -2.39. The molecule has 1 fully saturated rings. The van der Waals surface area contributed by atoms with E-state index in [9.17, 15) is 14.7 Å². The third-order valence-electron chi connectivity index (χ3n) is 4.37. The molecule has 1 amide bonds. The number of carbonyl (C=O) groups excluding carboxylic acids is 1. The monoisotopic (exact) mass is 307 g/mol. The number of thioether (sulfide) groups is 1. The Morgan fingerprint density at radius 2 is 2.05 bits per heavy atom. The Morgan fingerprint density at radius 1 is 1.33 bits per heavy atom. The van der Waals surface area contributed by atoms with Gasteiger partial charge in [0.05, 0.1) is 5.56 Å². The van der Waals surface area contributed by atoms with Crippen molar-refractivity contribution in [1.82, 2.24) is 5.32 Å². The van der Waals surface area contributed by atoms with Gasteiger partial charge in [0.1, 0.15) is 5.54 Å². The summed E-state index contributed by atoms with van der Waals surface area (Å²) in [6.45, 7) is 1.91. The Bertz CT molecular complexity index is 546. The van der Waals surface area contributed by atoms with Gasteiger partial charge in [0.15, 0.2) is 0 Å². The van der Waals surface area contributed by atoms with Crippen LogP contribution in [0.2, 0.25) is 0 Å². The lowest BCUT2D eigenvalue weighted by molar-refractivity contribution is -0.148. The maximum atomic E-state index is 12.6. The third kappa shape index (κ3) is 3.07. The van der Waals surface area contributed by atoms with Crippen LogP contribution in [-0.2, 0) is 4.79 Å². The number of carboxylic acids is 1. The van der Waals surface area contributed by atoms with Gasteiger partial charge in [0.25, 0.3) is 5.91 Å². The molecule has 1 aliphatic rings. The van der Waals surface area contributed by atoms with Gasteiger partial charge < -0.3 is 10.4 Å². The van der Waals surface area contributed by atoms with E-state index in [0.717, 1.165) is 24.2 Å². The molecule has 0 aliphatic heterocycles. The van der Waals surface area contributed by atoms with E-state index in [-0.39, 0.29) is 11.8 Å². The largest absolute Gasteiger partial charge is 0.479 e. The minimum Gasteiger partial charge on any atom is -0.479 e. The SMILES string of the molecule is CSc1ccccc1C(=O)NC1(C(=O)O)CCCCC1C. The molecular weight excluding hydrogens is 286 g/mol. The summed E-state index contributed by atoms with van der Waals surface area (Å²) in [5, 5.41) is 12.5. The highest BCUT2D eigenvalue weighted by Crippen LogP contribution is 2.34. The van der Waals surface area contributed by atoms with E-state index in [1.165, 1.54) is 11.8 Å². The summed E-state index contributed by atoms with van der Waals surface area (Å²) >= 11 is 1.49. The lowest BCUT2D eigenvalue weighted by Crippen LogP contribution is -2.60. The number of hydrogen-bond acceptors (Lipinski definition) is 3. The first-order valence-corrected chi connectivity index (χ1v) is 8.42. The first kappa shape index (κ1) is 15.9. The predicted octanol–water partition coefficient (Wildman–Crippen LogP) is 3.17. The van der Waals surface area contributed by atoms with Gasteiger partial charge in [0.2, 0.25) is 0 Å². The summed E-state index contributed by atoms with van der Waals surface area (Å²) in [5.41, 5.74) is -0.593. The molecule has 0 aromatic heterocycles. The maximum absolute atomic E-state index is 12.6. The number of rotatable bonds is 4. The molecule has 1 aromatic rings. The van der Waals surface area contributed by atoms with Crippen LogP contribution in [-0.4, -0.2) is 28.8 Å². The normalized spacial score (nSPS) is 25.3. The second-order valence-electron chi connectivity index (χ2n) is 5.58. The highest BCUT2D eigenvalue weighted by atomic mass is 32.2. The van der Waals surface area contributed by atoms with Crippen LogP contribution in [0.3, 0.4) is 0 Å². The Morgan fingerprint density at radius 3 is 2.67 bits per heavy atom. The van der Waals surface area contributed by atoms with Gasteiger partial charge >= 0.3 is 5.97 Å². The molecule has 0 bridgehead atoms. The number of benzene rings is 1. The lowest BCUT2D eigenvalue weighted by atomic mass is 9.73. The molecule has 114 valence electrons. The first-order chi connectivity index (χ1) is 10.0. The topological polar surface area (TPSA) is 66.4 Å². The molecule has 21 heavy (non-hydrogen) atoms. The van der Waals surface area contributed by atoms with Crippen LogP contribution in [0.5, 0.6) is 0 Å². The molecule has 4 nitrogen and oxygen atoms in total. The van der Waals surface area contributed by atoms with E-state index in [1.807, 2.05) is 25.3 Å². The minimum atomic E-state index is -1.14. The quantitative estimate of drug-likeness (QED) is 0.839. The van der Waals surface area contributed by atoms with Gasteiger partial charge in [-0.2, -0.15) is 0 Å². The summed E-state index contributed by atoms with van der Waals surface area (Å²) < 4.78 is 0. The summed E-state index contributed by atoms with van der Waals surface area (Å²) in [4.78, 5) is 25.2. The summed E-state index contributed by atoms with van der Waals surface area (Å²) in [7, 11) is 0. The van der Waals surface area contributed by atoms with Crippen LogP contribution < -0.4 is 5.32 Å². The van der Waals surface area contributed by atoms with Gasteiger partial charge in [-0.25, -0.2) is 4.79 Å². The molecule has 2 atom stereocenters. The number of carbonyl (C=O) groups is 2. The molecule has 5 heteroatoms. The van der Waals surface area contributed by atoms with Gasteiger partial charge in [-0.3, -0.25) is 4.79 Å². The van der Waals surface area contributed by atoms with Crippen molar-refractivity contribution in [2.45, 2.75) is 43.0 Å². The molecule has 0 saturated heterocycles. The second-order valence-corrected chi connectivity index (χ2v) is 6.43. The molecule has 2 unspecified atom stereocenters. The van der Waals surface area contributed by atoms with E-state index in [1.54, 1.807) is 12.1 Å².